The smallest absolute Gasteiger partial charge is 0.306 e. The number of nitrogens with zero attached hydrogens (tertiary/aromatic N) is 1. The Labute approximate surface area is 281 Å². The molecule has 4 aliphatic carbocycles. The molecule has 1 N–H and O–H groups in total. The number of hydrogen-bond acceptors (Lipinski definition) is 9. The molecule has 10 heteroatoms. The van der Waals surface area contributed by atoms with Crippen LogP contribution in [0.4, 0.5) is 4.39 Å². The van der Waals surface area contributed by atoms with Gasteiger partial charge < -0.3 is 19.4 Å². The van der Waals surface area contributed by atoms with Gasteiger partial charge in [0.05, 0.1) is 6.10 Å². The van der Waals surface area contributed by atoms with Gasteiger partial charge in [-0.15, -0.1) is 11.3 Å². The molecule has 256 valence electrons. The molecular formula is C37H48FNO7S. The monoisotopic (exact) mass is 669 g/mol. The summed E-state index contributed by atoms with van der Waals surface area (Å²) < 4.78 is 29.3. The second-order valence-corrected chi connectivity index (χ2v) is 15.1. The molecule has 1 heterocycles. The Bertz CT molecular complexity index is 1510. The van der Waals surface area contributed by atoms with Crippen molar-refractivity contribution < 1.29 is 38.2 Å². The Hall–Kier alpha value is -3.11. The molecule has 5 rings (SSSR count). The van der Waals surface area contributed by atoms with Crippen LogP contribution in [-0.4, -0.2) is 59.1 Å². The number of oxime groups is 1. The minimum absolute atomic E-state index is 0.0480. The Morgan fingerprint density at radius 3 is 2.60 bits per heavy atom. The van der Waals surface area contributed by atoms with Crippen LogP contribution in [0.1, 0.15) is 89.8 Å². The predicted octanol–water partition coefficient (Wildman–Crippen LogP) is 6.96. The number of alkyl halides is 1. The summed E-state index contributed by atoms with van der Waals surface area (Å²) in [6.07, 6.45) is 10.3. The highest BCUT2D eigenvalue weighted by molar-refractivity contribution is 7.12. The minimum Gasteiger partial charge on any atom is -0.457 e. The standard InChI is InChI=1S/C37H48FNO7S/c1-7-10-26-12-13-27(47-26)16-18-45-39-25-15-17-34(5)24(20-25)11-14-28-29-19-23(4)37(46-33(43)9-3,31(41)22-44-32(42)8-2)35(29,6)21-30(40)36(28,34)38/h7,10,12-13,15,17,20,23,28-30,40H,8-9,11,14,16,18-19,21-22H2,1-6H3/b10-7+,39-25-/t23-,28-,29-,30-,34-,35-,36-,37?/m0/s1. The molecule has 0 radical (unpaired) electrons. The molecule has 3 saturated carbocycles. The molecule has 1 aromatic heterocycles. The van der Waals surface area contributed by atoms with Crippen molar-refractivity contribution in [2.45, 2.75) is 104 Å². The molecule has 4 aliphatic rings. The van der Waals surface area contributed by atoms with Crippen LogP contribution in [0.2, 0.25) is 0 Å². The number of Topliss-reactive ketones (excluding diaryl/α,β-unsaturated/α-hetero) is 1. The zero-order valence-electron chi connectivity index (χ0n) is 28.3. The van der Waals surface area contributed by atoms with Crippen LogP contribution in [0, 0.1) is 28.6 Å². The fourth-order valence-electron chi connectivity index (χ4n) is 9.12. The topological polar surface area (TPSA) is 111 Å². The van der Waals surface area contributed by atoms with Crippen molar-refractivity contribution in [3.05, 3.63) is 51.8 Å². The van der Waals surface area contributed by atoms with Gasteiger partial charge in [0.15, 0.2) is 17.9 Å². The third kappa shape index (κ3) is 5.73. The lowest BCUT2D eigenvalue weighted by atomic mass is 9.44. The second kappa shape index (κ2) is 13.4. The van der Waals surface area contributed by atoms with Crippen molar-refractivity contribution in [2.75, 3.05) is 13.2 Å². The van der Waals surface area contributed by atoms with Crippen molar-refractivity contribution in [3.8, 4) is 0 Å². The normalized spacial score (nSPS) is 36.8. The van der Waals surface area contributed by atoms with Gasteiger partial charge in [0, 0.05) is 51.7 Å². The van der Waals surface area contributed by atoms with E-state index in [1.54, 1.807) is 31.3 Å². The summed E-state index contributed by atoms with van der Waals surface area (Å²) in [5.41, 5.74) is -4.42. The first-order valence-corrected chi connectivity index (χ1v) is 17.7. The average molecular weight is 670 g/mol. The third-order valence-corrected chi connectivity index (χ3v) is 12.6. The lowest BCUT2D eigenvalue weighted by Gasteiger charge is -2.62. The highest BCUT2D eigenvalue weighted by atomic mass is 32.1. The Morgan fingerprint density at radius 2 is 1.89 bits per heavy atom. The van der Waals surface area contributed by atoms with Gasteiger partial charge in [-0.25, -0.2) is 4.39 Å². The van der Waals surface area contributed by atoms with Gasteiger partial charge in [0.1, 0.15) is 12.3 Å². The lowest BCUT2D eigenvalue weighted by molar-refractivity contribution is -0.228. The maximum absolute atomic E-state index is 17.9. The van der Waals surface area contributed by atoms with Crippen LogP contribution in [0.25, 0.3) is 6.08 Å². The van der Waals surface area contributed by atoms with E-state index in [1.807, 2.05) is 45.9 Å². The number of aliphatic hydroxyl groups is 1. The van der Waals surface area contributed by atoms with Crippen molar-refractivity contribution in [2.24, 2.45) is 33.7 Å². The number of carbonyl (C=O) groups is 3. The van der Waals surface area contributed by atoms with Gasteiger partial charge in [-0.05, 0) is 75.8 Å². The number of esters is 2. The van der Waals surface area contributed by atoms with Gasteiger partial charge in [-0.3, -0.25) is 14.4 Å². The van der Waals surface area contributed by atoms with E-state index >= 15 is 4.39 Å². The van der Waals surface area contributed by atoms with Crippen molar-refractivity contribution >= 4 is 40.8 Å². The lowest BCUT2D eigenvalue weighted by Crippen LogP contribution is -2.70. The van der Waals surface area contributed by atoms with Crippen molar-refractivity contribution in [1.29, 1.82) is 0 Å². The van der Waals surface area contributed by atoms with Gasteiger partial charge >= 0.3 is 11.9 Å². The molecule has 0 aliphatic heterocycles. The summed E-state index contributed by atoms with van der Waals surface area (Å²) >= 11 is 1.71. The van der Waals surface area contributed by atoms with E-state index in [1.165, 1.54) is 9.75 Å². The number of carbonyl (C=O) groups excluding carboxylic acids is 3. The summed E-state index contributed by atoms with van der Waals surface area (Å²) in [7, 11) is 0. The summed E-state index contributed by atoms with van der Waals surface area (Å²) in [5, 5.41) is 16.2. The number of thiophene rings is 1. The maximum atomic E-state index is 17.9. The zero-order chi connectivity index (χ0) is 34.2. The molecule has 1 aromatic rings. The maximum Gasteiger partial charge on any atom is 0.306 e. The number of halogens is 1. The quantitative estimate of drug-likeness (QED) is 0.154. The van der Waals surface area contributed by atoms with E-state index in [0.29, 0.717) is 31.6 Å². The average Bonchev–Trinajstić information content (AvgIpc) is 3.58. The number of hydrogen-bond donors (Lipinski definition) is 1. The summed E-state index contributed by atoms with van der Waals surface area (Å²) in [6.45, 7) is 10.7. The van der Waals surface area contributed by atoms with Crippen molar-refractivity contribution in [1.82, 2.24) is 0 Å². The van der Waals surface area contributed by atoms with Crippen LogP contribution >= 0.6 is 11.3 Å². The van der Waals surface area contributed by atoms with Gasteiger partial charge in [-0.1, -0.05) is 50.6 Å². The van der Waals surface area contributed by atoms with Crippen molar-refractivity contribution in [3.63, 3.8) is 0 Å². The summed E-state index contributed by atoms with van der Waals surface area (Å²) in [6, 6.07) is 4.17. The molecule has 0 aromatic carbocycles. The molecule has 1 unspecified atom stereocenters. The first kappa shape index (κ1) is 35.2. The molecule has 0 spiro atoms. The van der Waals surface area contributed by atoms with E-state index in [0.717, 1.165) is 12.0 Å². The molecule has 0 bridgehead atoms. The number of ketones is 1. The first-order chi connectivity index (χ1) is 22.3. The number of rotatable bonds is 11. The highest BCUT2D eigenvalue weighted by Gasteiger charge is 2.77. The fourth-order valence-corrected chi connectivity index (χ4v) is 10.1. The second-order valence-electron chi connectivity index (χ2n) is 13.9. The largest absolute Gasteiger partial charge is 0.457 e. The first-order valence-electron chi connectivity index (χ1n) is 16.9. The molecule has 3 fully saturated rings. The van der Waals surface area contributed by atoms with Crippen LogP contribution < -0.4 is 0 Å². The predicted molar refractivity (Wildman–Crippen MR) is 179 cm³/mol. The molecule has 47 heavy (non-hydrogen) atoms. The number of fused-ring (bicyclic) bond motifs is 5. The molecule has 0 saturated heterocycles. The van der Waals surface area contributed by atoms with E-state index in [4.69, 9.17) is 14.3 Å². The van der Waals surface area contributed by atoms with Crippen LogP contribution in [0.3, 0.4) is 0 Å². The SMILES string of the molecule is C/C=C/c1ccc(CCO/N=C2/C=C[C@@]3(C)C(=C2)CC[C@H]2[C@@H]4C[C@H](C)C(OC(=O)CC)(C(=O)COC(=O)CC)[C@@]4(C)C[C@H](O)[C@@]23F)s1. The van der Waals surface area contributed by atoms with E-state index in [2.05, 4.69) is 23.4 Å². The highest BCUT2D eigenvalue weighted by Crippen LogP contribution is 2.71. The van der Waals surface area contributed by atoms with Gasteiger partial charge in [0.25, 0.3) is 0 Å². The molecule has 8 atom stereocenters. The summed E-state index contributed by atoms with van der Waals surface area (Å²) in [5.74, 6) is -3.05. The van der Waals surface area contributed by atoms with Crippen LogP contribution in [-0.2, 0) is 35.1 Å². The number of allylic oxidation sites excluding steroid dienone is 5. The van der Waals surface area contributed by atoms with Crippen LogP contribution in [0.15, 0.2) is 47.2 Å². The van der Waals surface area contributed by atoms with E-state index < -0.39 is 64.4 Å². The van der Waals surface area contributed by atoms with Gasteiger partial charge in [-0.2, -0.15) is 0 Å². The fraction of sp³-hybridized carbons (Fsp3) is 0.622. The third-order valence-electron chi connectivity index (χ3n) is 11.4. The molecule has 0 amide bonds. The summed E-state index contributed by atoms with van der Waals surface area (Å²) in [4.78, 5) is 46.9. The van der Waals surface area contributed by atoms with Crippen LogP contribution in [0.5, 0.6) is 0 Å². The number of ether oxygens (including phenoxy) is 2. The molecular weight excluding hydrogens is 621 g/mol. The molecule has 8 nitrogen and oxygen atoms in total. The van der Waals surface area contributed by atoms with Gasteiger partial charge in [0.2, 0.25) is 5.78 Å². The van der Waals surface area contributed by atoms with E-state index in [-0.39, 0.29) is 25.2 Å². The number of aliphatic hydroxyl groups excluding tert-OH is 1. The zero-order valence-corrected chi connectivity index (χ0v) is 29.2. The Balaban J connectivity index is 1.39. The minimum atomic E-state index is -2.03. The Kier molecular flexibility index (Phi) is 10.1. The Morgan fingerprint density at radius 1 is 1.15 bits per heavy atom. The van der Waals surface area contributed by atoms with E-state index in [9.17, 15) is 19.5 Å².